The Morgan fingerprint density at radius 1 is 1.25 bits per heavy atom. The van der Waals surface area contributed by atoms with E-state index in [4.69, 9.17) is 0 Å². The fourth-order valence-corrected chi connectivity index (χ4v) is 3.04. The summed E-state index contributed by atoms with van der Waals surface area (Å²) in [6.45, 7) is 6.55. The van der Waals surface area contributed by atoms with Gasteiger partial charge in [0.05, 0.1) is 5.76 Å². The van der Waals surface area contributed by atoms with Crippen molar-refractivity contribution in [3.8, 4) is 0 Å². The van der Waals surface area contributed by atoms with Gasteiger partial charge in [0.15, 0.2) is 5.78 Å². The number of carbonyl (C=O) groups excluding carboxylic acids is 1. The largest absolute Gasteiger partial charge is 0.512 e. The van der Waals surface area contributed by atoms with Gasteiger partial charge >= 0.3 is 0 Å². The number of aliphatic hydroxyl groups excluding tert-OH is 1. The van der Waals surface area contributed by atoms with E-state index in [1.807, 2.05) is 0 Å². The molecule has 0 aliphatic heterocycles. The van der Waals surface area contributed by atoms with Crippen LogP contribution in [0.5, 0.6) is 0 Å². The quantitative estimate of drug-likeness (QED) is 0.405. The Labute approximate surface area is 134 Å². The summed E-state index contributed by atoms with van der Waals surface area (Å²) in [6.07, 6.45) is 10.0. The summed E-state index contributed by atoms with van der Waals surface area (Å²) in [5, 5.41) is 10.0. The number of allylic oxidation sites excluding steroid dienone is 2. The van der Waals surface area contributed by atoms with Gasteiger partial charge in [-0.1, -0.05) is 52.9 Å². The van der Waals surface area contributed by atoms with Crippen molar-refractivity contribution in [1.29, 1.82) is 0 Å². The minimum absolute atomic E-state index is 0. The molecule has 0 aromatic rings. The third-order valence-electron chi connectivity index (χ3n) is 4.39. The fourth-order valence-electron chi connectivity index (χ4n) is 3.04. The van der Waals surface area contributed by atoms with E-state index in [9.17, 15) is 9.90 Å². The molecule has 1 N–H and O–H groups in total. The Hall–Kier alpha value is -0.271. The molecule has 0 aromatic heterocycles. The molecule has 1 saturated carbocycles. The Bertz CT molecular complexity index is 304. The van der Waals surface area contributed by atoms with Gasteiger partial charge in [0.1, 0.15) is 0 Å². The van der Waals surface area contributed by atoms with Gasteiger partial charge in [0.2, 0.25) is 0 Å². The van der Waals surface area contributed by atoms with E-state index in [0.29, 0.717) is 24.0 Å². The predicted molar refractivity (Wildman–Crippen MR) is 80.1 cm³/mol. The minimum Gasteiger partial charge on any atom is -0.512 e. The first kappa shape index (κ1) is 19.7. The first-order valence-electron chi connectivity index (χ1n) is 7.98. The molecule has 1 unspecified atom stereocenters. The Balaban J connectivity index is 0.00000361. The molecule has 117 valence electrons. The van der Waals surface area contributed by atoms with E-state index < -0.39 is 0 Å². The second-order valence-corrected chi connectivity index (χ2v) is 6.37. The zero-order valence-electron chi connectivity index (χ0n) is 13.2. The molecule has 3 heteroatoms. The van der Waals surface area contributed by atoms with E-state index >= 15 is 0 Å². The maximum Gasteiger partial charge on any atom is 0.162 e. The molecule has 0 bridgehead atoms. The first-order chi connectivity index (χ1) is 9.04. The predicted octanol–water partition coefficient (Wildman–Crippen LogP) is 5.04. The number of aliphatic hydroxyl groups is 1. The van der Waals surface area contributed by atoms with Gasteiger partial charge in [-0.05, 0) is 24.7 Å². The van der Waals surface area contributed by atoms with Crippen LogP contribution in [0, 0.1) is 17.8 Å². The van der Waals surface area contributed by atoms with Crippen LogP contribution in [-0.2, 0) is 21.9 Å². The smallest absolute Gasteiger partial charge is 0.162 e. The molecule has 0 heterocycles. The second-order valence-electron chi connectivity index (χ2n) is 6.37. The van der Waals surface area contributed by atoms with Crippen molar-refractivity contribution < 1.29 is 27.0 Å². The van der Waals surface area contributed by atoms with Crippen molar-refractivity contribution in [1.82, 2.24) is 0 Å². The third-order valence-corrected chi connectivity index (χ3v) is 4.39. The van der Waals surface area contributed by atoms with Crippen LogP contribution < -0.4 is 0 Å². The summed E-state index contributed by atoms with van der Waals surface area (Å²) in [5.74, 6) is 1.65. The van der Waals surface area contributed by atoms with Crippen molar-refractivity contribution in [2.45, 2.75) is 72.1 Å². The average molecular weight is 321 g/mol. The molecule has 1 radical (unpaired) electrons. The van der Waals surface area contributed by atoms with Crippen molar-refractivity contribution in [3.05, 3.63) is 11.8 Å². The molecule has 20 heavy (non-hydrogen) atoms. The number of rotatable bonds is 7. The molecule has 1 atom stereocenters. The minimum atomic E-state index is 0. The van der Waals surface area contributed by atoms with Crippen LogP contribution in [0.1, 0.15) is 72.1 Å². The standard InChI is InChI=1S/C17H30O2.Mn/c1-4-8-15(13(2)3)11-16(18)12-17(19)14-9-6-5-7-10-14;/h12-15,18H,4-11H2,1-3H3;/b16-12-;. The van der Waals surface area contributed by atoms with E-state index in [-0.39, 0.29) is 28.8 Å². The van der Waals surface area contributed by atoms with Gasteiger partial charge in [-0.15, -0.1) is 0 Å². The molecule has 1 aliphatic rings. The summed E-state index contributed by atoms with van der Waals surface area (Å²) < 4.78 is 0. The molecular weight excluding hydrogens is 291 g/mol. The normalized spacial score (nSPS) is 18.7. The molecule has 0 aromatic carbocycles. The maximum absolute atomic E-state index is 12.1. The number of hydrogen-bond donors (Lipinski definition) is 1. The van der Waals surface area contributed by atoms with E-state index in [1.54, 1.807) is 0 Å². The fraction of sp³-hybridized carbons (Fsp3) is 0.824. The van der Waals surface area contributed by atoms with Crippen LogP contribution in [0.2, 0.25) is 0 Å². The molecule has 2 nitrogen and oxygen atoms in total. The van der Waals surface area contributed by atoms with E-state index in [2.05, 4.69) is 20.8 Å². The maximum atomic E-state index is 12.1. The van der Waals surface area contributed by atoms with Crippen molar-refractivity contribution in [3.63, 3.8) is 0 Å². The molecule has 0 spiro atoms. The van der Waals surface area contributed by atoms with Gasteiger partial charge in [-0.2, -0.15) is 0 Å². The van der Waals surface area contributed by atoms with Gasteiger partial charge in [-0.25, -0.2) is 0 Å². The zero-order valence-corrected chi connectivity index (χ0v) is 14.4. The SMILES string of the molecule is CCCC(C/C(O)=C/C(=O)C1CCCCC1)C(C)C.[Mn]. The molecule has 1 rings (SSSR count). The number of hydrogen-bond acceptors (Lipinski definition) is 2. The van der Waals surface area contributed by atoms with Gasteiger partial charge in [0, 0.05) is 35.5 Å². The van der Waals surface area contributed by atoms with Crippen molar-refractivity contribution in [2.75, 3.05) is 0 Å². The van der Waals surface area contributed by atoms with Gasteiger partial charge < -0.3 is 5.11 Å². The van der Waals surface area contributed by atoms with Crippen molar-refractivity contribution in [2.24, 2.45) is 17.8 Å². The second kappa shape index (κ2) is 10.5. The third kappa shape index (κ3) is 6.95. The summed E-state index contributed by atoms with van der Waals surface area (Å²) in [4.78, 5) is 12.1. The summed E-state index contributed by atoms with van der Waals surface area (Å²) in [6, 6.07) is 0. The van der Waals surface area contributed by atoms with E-state index in [0.717, 1.165) is 38.5 Å². The van der Waals surface area contributed by atoms with Crippen LogP contribution in [0.4, 0.5) is 0 Å². The van der Waals surface area contributed by atoms with Crippen LogP contribution in [0.25, 0.3) is 0 Å². The Morgan fingerprint density at radius 2 is 1.85 bits per heavy atom. The summed E-state index contributed by atoms with van der Waals surface area (Å²) >= 11 is 0. The van der Waals surface area contributed by atoms with Crippen LogP contribution >= 0.6 is 0 Å². The summed E-state index contributed by atoms with van der Waals surface area (Å²) in [5.41, 5.74) is 0. The molecule has 1 fully saturated rings. The van der Waals surface area contributed by atoms with Crippen LogP contribution in [-0.4, -0.2) is 10.9 Å². The van der Waals surface area contributed by atoms with Crippen LogP contribution in [0.3, 0.4) is 0 Å². The van der Waals surface area contributed by atoms with E-state index in [1.165, 1.54) is 12.5 Å². The molecule has 0 saturated heterocycles. The molecule has 0 amide bonds. The Kier molecular flexibility index (Phi) is 10.3. The molecule has 1 aliphatic carbocycles. The average Bonchev–Trinajstić information content (AvgIpc) is 2.39. The van der Waals surface area contributed by atoms with Gasteiger partial charge in [-0.3, -0.25) is 4.79 Å². The monoisotopic (exact) mass is 321 g/mol. The molecular formula is C17H30MnO2. The van der Waals surface area contributed by atoms with Gasteiger partial charge in [0.25, 0.3) is 0 Å². The Morgan fingerprint density at radius 3 is 2.35 bits per heavy atom. The number of carbonyl (C=O) groups is 1. The van der Waals surface area contributed by atoms with Crippen LogP contribution in [0.15, 0.2) is 11.8 Å². The summed E-state index contributed by atoms with van der Waals surface area (Å²) in [7, 11) is 0. The number of ketones is 1. The topological polar surface area (TPSA) is 37.3 Å². The zero-order chi connectivity index (χ0) is 14.3. The van der Waals surface area contributed by atoms with Crippen molar-refractivity contribution >= 4 is 5.78 Å². The first-order valence-corrected chi connectivity index (χ1v) is 7.98.